The first-order chi connectivity index (χ1) is 17.3. The third-order valence-electron chi connectivity index (χ3n) is 5.95. The molecule has 5 rings (SSSR count). The maximum atomic E-state index is 13.7. The SMILES string of the molecule is O=C1CC(N(Cc2ccc3c(c2)OCO3)C(=O)c2ccc(Cl)c([N+](=O)[O-])c2)C(=O)N1c1ccccc1. The summed E-state index contributed by atoms with van der Waals surface area (Å²) in [6.45, 7) is 0.00966. The van der Waals surface area contributed by atoms with Crippen LogP contribution < -0.4 is 14.4 Å². The second-order valence-electron chi connectivity index (χ2n) is 8.17. The summed E-state index contributed by atoms with van der Waals surface area (Å²) in [5.74, 6) is -0.645. The van der Waals surface area contributed by atoms with Crippen molar-refractivity contribution >= 4 is 40.7 Å². The van der Waals surface area contributed by atoms with Gasteiger partial charge in [-0.3, -0.25) is 24.5 Å². The van der Waals surface area contributed by atoms with Crippen LogP contribution in [0.25, 0.3) is 0 Å². The maximum Gasteiger partial charge on any atom is 0.288 e. The number of nitrogens with zero attached hydrogens (tertiary/aromatic N) is 3. The fourth-order valence-electron chi connectivity index (χ4n) is 4.22. The molecule has 1 fully saturated rings. The van der Waals surface area contributed by atoms with Crippen LogP contribution in [0.15, 0.2) is 66.7 Å². The van der Waals surface area contributed by atoms with Crippen molar-refractivity contribution in [2.45, 2.75) is 19.0 Å². The van der Waals surface area contributed by atoms with E-state index in [9.17, 15) is 24.5 Å². The van der Waals surface area contributed by atoms with E-state index in [2.05, 4.69) is 0 Å². The van der Waals surface area contributed by atoms with E-state index in [-0.39, 0.29) is 30.3 Å². The quantitative estimate of drug-likeness (QED) is 0.281. The summed E-state index contributed by atoms with van der Waals surface area (Å²) in [5.41, 5.74) is 0.539. The lowest BCUT2D eigenvalue weighted by atomic mass is 10.1. The number of ether oxygens (including phenoxy) is 2. The Bertz CT molecular complexity index is 1400. The number of nitro groups is 1. The summed E-state index contributed by atoms with van der Waals surface area (Å²) >= 11 is 5.92. The van der Waals surface area contributed by atoms with Gasteiger partial charge in [0.1, 0.15) is 11.1 Å². The Morgan fingerprint density at radius 3 is 2.56 bits per heavy atom. The lowest BCUT2D eigenvalue weighted by Crippen LogP contribution is -2.45. The number of carbonyl (C=O) groups is 3. The number of hydrogen-bond acceptors (Lipinski definition) is 7. The van der Waals surface area contributed by atoms with E-state index in [0.717, 1.165) is 11.0 Å². The molecule has 0 aromatic heterocycles. The van der Waals surface area contributed by atoms with Crippen molar-refractivity contribution in [2.75, 3.05) is 11.7 Å². The van der Waals surface area contributed by atoms with Crippen LogP contribution >= 0.6 is 11.6 Å². The highest BCUT2D eigenvalue weighted by Crippen LogP contribution is 2.34. The molecule has 3 aromatic rings. The molecule has 2 aliphatic rings. The molecule has 0 radical (unpaired) electrons. The molecule has 0 spiro atoms. The Kier molecular flexibility index (Phi) is 6.03. The standard InChI is InChI=1S/C25H18ClN3O7/c26-18-8-7-16(11-19(18)29(33)34)24(31)27(13-15-6-9-21-22(10-15)36-14-35-21)20-12-23(30)28(25(20)32)17-4-2-1-3-5-17/h1-11,20H,12-14H2. The second-order valence-corrected chi connectivity index (χ2v) is 8.57. The number of rotatable bonds is 6. The van der Waals surface area contributed by atoms with Crippen molar-refractivity contribution in [3.8, 4) is 11.5 Å². The fourth-order valence-corrected chi connectivity index (χ4v) is 4.41. The third-order valence-corrected chi connectivity index (χ3v) is 6.27. The van der Waals surface area contributed by atoms with E-state index < -0.39 is 34.4 Å². The molecule has 1 saturated heterocycles. The van der Waals surface area contributed by atoms with E-state index in [0.29, 0.717) is 22.7 Å². The van der Waals surface area contributed by atoms with Gasteiger partial charge in [-0.2, -0.15) is 0 Å². The zero-order chi connectivity index (χ0) is 25.4. The van der Waals surface area contributed by atoms with E-state index in [1.54, 1.807) is 48.5 Å². The van der Waals surface area contributed by atoms with Crippen LogP contribution in [0.5, 0.6) is 11.5 Å². The zero-order valence-electron chi connectivity index (χ0n) is 18.6. The molecule has 2 heterocycles. The summed E-state index contributed by atoms with van der Waals surface area (Å²) in [6.07, 6.45) is -0.236. The highest BCUT2D eigenvalue weighted by Gasteiger charge is 2.44. The topological polar surface area (TPSA) is 119 Å². The Hall–Kier alpha value is -4.44. The molecule has 1 atom stereocenters. The maximum absolute atomic E-state index is 13.7. The van der Waals surface area contributed by atoms with Gasteiger partial charge in [0.25, 0.3) is 17.5 Å². The summed E-state index contributed by atoms with van der Waals surface area (Å²) < 4.78 is 10.7. The van der Waals surface area contributed by atoms with E-state index in [1.807, 2.05) is 0 Å². The predicted octanol–water partition coefficient (Wildman–Crippen LogP) is 3.95. The van der Waals surface area contributed by atoms with Crippen molar-refractivity contribution in [1.82, 2.24) is 4.90 Å². The Balaban J connectivity index is 1.52. The molecule has 3 aromatic carbocycles. The first kappa shape index (κ1) is 23.3. The van der Waals surface area contributed by atoms with Gasteiger partial charge in [-0.1, -0.05) is 35.9 Å². The van der Waals surface area contributed by atoms with Crippen molar-refractivity contribution < 1.29 is 28.8 Å². The van der Waals surface area contributed by atoms with Crippen LogP contribution in [-0.2, 0) is 16.1 Å². The van der Waals surface area contributed by atoms with Gasteiger partial charge in [-0.25, -0.2) is 4.90 Å². The first-order valence-corrected chi connectivity index (χ1v) is 11.3. The van der Waals surface area contributed by atoms with Crippen molar-refractivity contribution in [1.29, 1.82) is 0 Å². The summed E-state index contributed by atoms with van der Waals surface area (Å²) in [4.78, 5) is 53.0. The number of carbonyl (C=O) groups excluding carboxylic acids is 3. The minimum atomic E-state index is -1.12. The van der Waals surface area contributed by atoms with Gasteiger partial charge in [0, 0.05) is 18.2 Å². The van der Waals surface area contributed by atoms with E-state index in [4.69, 9.17) is 21.1 Å². The zero-order valence-corrected chi connectivity index (χ0v) is 19.4. The lowest BCUT2D eigenvalue weighted by Gasteiger charge is -2.28. The van der Waals surface area contributed by atoms with Crippen LogP contribution in [0.1, 0.15) is 22.3 Å². The minimum Gasteiger partial charge on any atom is -0.454 e. The number of amides is 3. The molecule has 11 heteroatoms. The van der Waals surface area contributed by atoms with E-state index in [1.165, 1.54) is 17.0 Å². The lowest BCUT2D eigenvalue weighted by molar-refractivity contribution is -0.384. The van der Waals surface area contributed by atoms with Crippen molar-refractivity contribution in [3.05, 3.63) is 93.0 Å². The number of halogens is 1. The third kappa shape index (κ3) is 4.22. The molecule has 2 aliphatic heterocycles. The van der Waals surface area contributed by atoms with Gasteiger partial charge in [0.05, 0.1) is 17.0 Å². The van der Waals surface area contributed by atoms with Gasteiger partial charge in [-0.15, -0.1) is 0 Å². The molecule has 36 heavy (non-hydrogen) atoms. The van der Waals surface area contributed by atoms with Crippen LogP contribution in [-0.4, -0.2) is 40.4 Å². The molecule has 0 N–H and O–H groups in total. The molecule has 0 bridgehead atoms. The highest BCUT2D eigenvalue weighted by atomic mass is 35.5. The van der Waals surface area contributed by atoms with Gasteiger partial charge in [0.2, 0.25) is 12.7 Å². The molecular weight excluding hydrogens is 490 g/mol. The minimum absolute atomic E-state index is 0.0368. The number of fused-ring (bicyclic) bond motifs is 1. The van der Waals surface area contributed by atoms with E-state index >= 15 is 0 Å². The monoisotopic (exact) mass is 507 g/mol. The number of imide groups is 1. The summed E-state index contributed by atoms with van der Waals surface area (Å²) in [6, 6.07) is 16.0. The van der Waals surface area contributed by atoms with Crippen LogP contribution in [0, 0.1) is 10.1 Å². The Labute approximate surface area is 209 Å². The predicted molar refractivity (Wildman–Crippen MR) is 128 cm³/mol. The van der Waals surface area contributed by atoms with Crippen molar-refractivity contribution in [3.63, 3.8) is 0 Å². The molecule has 1 unspecified atom stereocenters. The molecular formula is C25H18ClN3O7. The number of benzene rings is 3. The molecule has 0 saturated carbocycles. The van der Waals surface area contributed by atoms with Crippen molar-refractivity contribution in [2.24, 2.45) is 0 Å². The van der Waals surface area contributed by atoms with Crippen LogP contribution in [0.3, 0.4) is 0 Å². The van der Waals surface area contributed by atoms with Crippen LogP contribution in [0.2, 0.25) is 5.02 Å². The Morgan fingerprint density at radius 2 is 1.81 bits per heavy atom. The first-order valence-electron chi connectivity index (χ1n) is 10.9. The van der Waals surface area contributed by atoms with Crippen LogP contribution in [0.4, 0.5) is 11.4 Å². The summed E-state index contributed by atoms with van der Waals surface area (Å²) in [5, 5.41) is 11.3. The normalized spacial score (nSPS) is 16.4. The smallest absolute Gasteiger partial charge is 0.288 e. The van der Waals surface area contributed by atoms with Gasteiger partial charge in [0.15, 0.2) is 11.5 Å². The van der Waals surface area contributed by atoms with Gasteiger partial charge >= 0.3 is 0 Å². The van der Waals surface area contributed by atoms with Gasteiger partial charge in [-0.05, 0) is 42.0 Å². The van der Waals surface area contributed by atoms with Gasteiger partial charge < -0.3 is 14.4 Å². The average molecular weight is 508 g/mol. The number of para-hydroxylation sites is 1. The average Bonchev–Trinajstić information content (AvgIpc) is 3.46. The largest absolute Gasteiger partial charge is 0.454 e. The fraction of sp³-hybridized carbons (Fsp3) is 0.160. The molecule has 10 nitrogen and oxygen atoms in total. The molecule has 3 amide bonds. The molecule has 0 aliphatic carbocycles. The number of nitro benzene ring substituents is 1. The second kappa shape index (κ2) is 9.31. The summed E-state index contributed by atoms with van der Waals surface area (Å²) in [7, 11) is 0. The number of hydrogen-bond donors (Lipinski definition) is 0. The highest BCUT2D eigenvalue weighted by molar-refractivity contribution is 6.32. The number of anilines is 1. The molecule has 182 valence electrons. The Morgan fingerprint density at radius 1 is 1.06 bits per heavy atom.